The van der Waals surface area contributed by atoms with Gasteiger partial charge in [-0.05, 0) is 19.1 Å². The van der Waals surface area contributed by atoms with Crippen LogP contribution in [-0.2, 0) is 28.0 Å². The summed E-state index contributed by atoms with van der Waals surface area (Å²) in [5.41, 5.74) is -1.53. The minimum Gasteiger partial charge on any atom is -0.462 e. The van der Waals surface area contributed by atoms with Gasteiger partial charge in [0.2, 0.25) is 0 Å². The molecule has 25 heavy (non-hydrogen) atoms. The standard InChI is InChI=1S/C14H14F3N3O4S/c1-3-24-13(21)9-8-18-20(2)12(9)19-25(22,23)11-7-5-4-6-10(11)14(15,16)17/h4-8,19H,3H2,1-2H3. The first-order chi connectivity index (χ1) is 11.6. The quantitative estimate of drug-likeness (QED) is 0.808. The summed E-state index contributed by atoms with van der Waals surface area (Å²) in [4.78, 5) is 10.9. The number of hydrogen-bond acceptors (Lipinski definition) is 5. The number of anilines is 1. The van der Waals surface area contributed by atoms with E-state index >= 15 is 0 Å². The second-order valence-electron chi connectivity index (χ2n) is 4.85. The summed E-state index contributed by atoms with van der Waals surface area (Å²) in [7, 11) is -3.30. The number of halogens is 3. The van der Waals surface area contributed by atoms with Crippen molar-refractivity contribution in [2.45, 2.75) is 18.0 Å². The van der Waals surface area contributed by atoms with Gasteiger partial charge < -0.3 is 4.74 Å². The Balaban J connectivity index is 2.49. The molecule has 0 spiro atoms. The Bertz CT molecular complexity index is 891. The van der Waals surface area contributed by atoms with Crippen LogP contribution in [0.1, 0.15) is 22.8 Å². The van der Waals surface area contributed by atoms with Crippen molar-refractivity contribution < 1.29 is 31.1 Å². The lowest BCUT2D eigenvalue weighted by atomic mass is 10.2. The average Bonchev–Trinajstić information content (AvgIpc) is 2.87. The van der Waals surface area contributed by atoms with Crippen LogP contribution in [0, 0.1) is 0 Å². The molecule has 1 N–H and O–H groups in total. The normalized spacial score (nSPS) is 12.0. The van der Waals surface area contributed by atoms with Gasteiger partial charge in [-0.15, -0.1) is 0 Å². The number of benzene rings is 1. The van der Waals surface area contributed by atoms with E-state index in [-0.39, 0.29) is 18.0 Å². The summed E-state index contributed by atoms with van der Waals surface area (Å²) in [6.45, 7) is 1.59. The Labute approximate surface area is 141 Å². The van der Waals surface area contributed by atoms with Crippen LogP contribution in [0.5, 0.6) is 0 Å². The molecule has 2 rings (SSSR count). The number of hydrogen-bond donors (Lipinski definition) is 1. The molecule has 0 atom stereocenters. The van der Waals surface area contributed by atoms with E-state index in [1.807, 2.05) is 4.72 Å². The summed E-state index contributed by atoms with van der Waals surface area (Å²) in [6.07, 6.45) is -3.80. The zero-order chi connectivity index (χ0) is 18.8. The molecule has 0 amide bonds. The molecule has 7 nitrogen and oxygen atoms in total. The molecule has 0 unspecified atom stereocenters. The van der Waals surface area contributed by atoms with E-state index in [4.69, 9.17) is 4.74 Å². The monoisotopic (exact) mass is 377 g/mol. The Morgan fingerprint density at radius 1 is 1.32 bits per heavy atom. The SMILES string of the molecule is CCOC(=O)c1cnn(C)c1NS(=O)(=O)c1ccccc1C(F)(F)F. The molecular formula is C14H14F3N3O4S. The van der Waals surface area contributed by atoms with Gasteiger partial charge in [0.1, 0.15) is 5.56 Å². The molecule has 1 aromatic heterocycles. The van der Waals surface area contributed by atoms with Crippen molar-refractivity contribution in [1.29, 1.82) is 0 Å². The fraction of sp³-hybridized carbons (Fsp3) is 0.286. The van der Waals surface area contributed by atoms with Gasteiger partial charge in [0.25, 0.3) is 10.0 Å². The van der Waals surface area contributed by atoms with Crippen LogP contribution >= 0.6 is 0 Å². The number of carbonyl (C=O) groups excluding carboxylic acids is 1. The van der Waals surface area contributed by atoms with E-state index in [0.717, 1.165) is 23.0 Å². The Kier molecular flexibility index (Phi) is 5.07. The summed E-state index contributed by atoms with van der Waals surface area (Å²) < 4.78 is 71.8. The zero-order valence-corrected chi connectivity index (χ0v) is 14.0. The number of aryl methyl sites for hydroxylation is 1. The summed E-state index contributed by atoms with van der Waals surface area (Å²) >= 11 is 0. The molecule has 0 aliphatic heterocycles. The molecule has 0 saturated carbocycles. The molecule has 0 radical (unpaired) electrons. The molecule has 0 aliphatic rings. The lowest BCUT2D eigenvalue weighted by molar-refractivity contribution is -0.139. The van der Waals surface area contributed by atoms with Crippen molar-refractivity contribution in [1.82, 2.24) is 9.78 Å². The highest BCUT2D eigenvalue weighted by Gasteiger charge is 2.37. The van der Waals surface area contributed by atoms with Gasteiger partial charge in [0.05, 0.1) is 23.3 Å². The topological polar surface area (TPSA) is 90.3 Å². The van der Waals surface area contributed by atoms with Crippen LogP contribution in [0.2, 0.25) is 0 Å². The van der Waals surface area contributed by atoms with Crippen molar-refractivity contribution >= 4 is 21.8 Å². The molecule has 0 bridgehead atoms. The van der Waals surface area contributed by atoms with E-state index in [9.17, 15) is 26.4 Å². The molecule has 0 fully saturated rings. The number of carbonyl (C=O) groups is 1. The van der Waals surface area contributed by atoms with Crippen LogP contribution in [0.3, 0.4) is 0 Å². The number of sulfonamides is 1. The highest BCUT2D eigenvalue weighted by atomic mass is 32.2. The van der Waals surface area contributed by atoms with Gasteiger partial charge in [0.15, 0.2) is 5.82 Å². The second-order valence-corrected chi connectivity index (χ2v) is 6.50. The van der Waals surface area contributed by atoms with Gasteiger partial charge in [-0.3, -0.25) is 9.40 Å². The lowest BCUT2D eigenvalue weighted by Crippen LogP contribution is -2.21. The molecule has 0 aliphatic carbocycles. The van der Waals surface area contributed by atoms with Gasteiger partial charge in [-0.25, -0.2) is 13.2 Å². The van der Waals surface area contributed by atoms with Crippen molar-refractivity contribution in [3.63, 3.8) is 0 Å². The first kappa shape index (κ1) is 18.8. The molecular weight excluding hydrogens is 363 g/mol. The van der Waals surface area contributed by atoms with Crippen LogP contribution < -0.4 is 4.72 Å². The largest absolute Gasteiger partial charge is 0.462 e. The van der Waals surface area contributed by atoms with Gasteiger partial charge >= 0.3 is 12.1 Å². The average molecular weight is 377 g/mol. The number of aromatic nitrogens is 2. The maximum absolute atomic E-state index is 13.1. The van der Waals surface area contributed by atoms with Crippen LogP contribution in [0.25, 0.3) is 0 Å². The highest BCUT2D eigenvalue weighted by Crippen LogP contribution is 2.34. The number of nitrogens with one attached hydrogen (secondary N) is 1. The predicted octanol–water partition coefficient (Wildman–Crippen LogP) is 2.42. The fourth-order valence-electron chi connectivity index (χ4n) is 2.03. The van der Waals surface area contributed by atoms with Crippen molar-refractivity contribution in [2.24, 2.45) is 7.05 Å². The molecule has 2 aromatic rings. The summed E-state index contributed by atoms with van der Waals surface area (Å²) in [5.74, 6) is -1.15. The number of nitrogens with zero attached hydrogens (tertiary/aromatic N) is 2. The number of alkyl halides is 3. The molecule has 1 heterocycles. The Hall–Kier alpha value is -2.56. The Morgan fingerprint density at radius 3 is 2.56 bits per heavy atom. The molecule has 11 heteroatoms. The third-order valence-corrected chi connectivity index (χ3v) is 4.54. The maximum atomic E-state index is 13.1. The number of ether oxygens (including phenoxy) is 1. The van der Waals surface area contributed by atoms with E-state index in [0.29, 0.717) is 6.07 Å². The first-order valence-electron chi connectivity index (χ1n) is 6.96. The van der Waals surface area contributed by atoms with Crippen molar-refractivity contribution in [2.75, 3.05) is 11.3 Å². The van der Waals surface area contributed by atoms with Gasteiger partial charge in [0, 0.05) is 7.05 Å². The van der Waals surface area contributed by atoms with Crippen LogP contribution in [0.4, 0.5) is 19.0 Å². The summed E-state index contributed by atoms with van der Waals surface area (Å²) in [6, 6.07) is 3.73. The molecule has 136 valence electrons. The molecule has 0 saturated heterocycles. The van der Waals surface area contributed by atoms with Crippen molar-refractivity contribution in [3.8, 4) is 0 Å². The smallest absolute Gasteiger partial charge is 0.417 e. The van der Waals surface area contributed by atoms with E-state index < -0.39 is 32.6 Å². The van der Waals surface area contributed by atoms with E-state index in [1.165, 1.54) is 13.1 Å². The minimum absolute atomic E-state index is 0.0385. The lowest BCUT2D eigenvalue weighted by Gasteiger charge is -2.15. The van der Waals surface area contributed by atoms with Gasteiger partial charge in [-0.2, -0.15) is 18.3 Å². The minimum atomic E-state index is -4.86. The van der Waals surface area contributed by atoms with E-state index in [1.54, 1.807) is 6.92 Å². The van der Waals surface area contributed by atoms with Gasteiger partial charge in [-0.1, -0.05) is 12.1 Å². The highest BCUT2D eigenvalue weighted by molar-refractivity contribution is 7.92. The fourth-order valence-corrected chi connectivity index (χ4v) is 3.37. The number of rotatable bonds is 5. The third-order valence-electron chi connectivity index (χ3n) is 3.15. The predicted molar refractivity (Wildman–Crippen MR) is 81.4 cm³/mol. The van der Waals surface area contributed by atoms with Crippen LogP contribution in [0.15, 0.2) is 35.4 Å². The van der Waals surface area contributed by atoms with Crippen molar-refractivity contribution in [3.05, 3.63) is 41.6 Å². The zero-order valence-electron chi connectivity index (χ0n) is 13.2. The Morgan fingerprint density at radius 2 is 1.96 bits per heavy atom. The maximum Gasteiger partial charge on any atom is 0.417 e. The number of esters is 1. The summed E-state index contributed by atoms with van der Waals surface area (Å²) in [5, 5.41) is 3.74. The van der Waals surface area contributed by atoms with Crippen LogP contribution in [-0.4, -0.2) is 30.8 Å². The first-order valence-corrected chi connectivity index (χ1v) is 8.44. The van der Waals surface area contributed by atoms with E-state index in [2.05, 4.69) is 5.10 Å². The third kappa shape index (κ3) is 3.92. The second kappa shape index (κ2) is 6.75. The molecule has 1 aromatic carbocycles.